The molecule has 0 N–H and O–H groups in total. The summed E-state index contributed by atoms with van der Waals surface area (Å²) in [4.78, 5) is 17.5. The van der Waals surface area contributed by atoms with E-state index in [2.05, 4.69) is 139 Å². The Labute approximate surface area is 308 Å². The third kappa shape index (κ3) is 4.96. The quantitative estimate of drug-likeness (QED) is 0.181. The summed E-state index contributed by atoms with van der Waals surface area (Å²) >= 11 is 0. The number of fused-ring (bicyclic) bond motifs is 6. The Bertz CT molecular complexity index is 2750. The average Bonchev–Trinajstić information content (AvgIpc) is 3.57. The van der Waals surface area contributed by atoms with Gasteiger partial charge in [-0.05, 0) is 47.5 Å². The zero-order chi connectivity index (χ0) is 35.5. The van der Waals surface area contributed by atoms with Crippen molar-refractivity contribution in [3.8, 4) is 39.9 Å². The Morgan fingerprint density at radius 2 is 0.981 bits per heavy atom. The van der Waals surface area contributed by atoms with Crippen molar-refractivity contribution in [2.24, 2.45) is 0 Å². The van der Waals surface area contributed by atoms with Crippen LogP contribution in [-0.4, -0.2) is 19.5 Å². The van der Waals surface area contributed by atoms with Crippen molar-refractivity contribution in [3.05, 3.63) is 187 Å². The van der Waals surface area contributed by atoms with E-state index in [0.29, 0.717) is 17.5 Å². The van der Waals surface area contributed by atoms with Crippen LogP contribution in [0.5, 0.6) is 0 Å². The zero-order valence-corrected chi connectivity index (χ0v) is 29.5. The fourth-order valence-electron chi connectivity index (χ4n) is 8.07. The largest absolute Gasteiger partial charge is 0.308 e. The number of rotatable bonds is 5. The van der Waals surface area contributed by atoms with Gasteiger partial charge in [0.25, 0.3) is 0 Å². The molecule has 2 aromatic heterocycles. The van der Waals surface area contributed by atoms with Gasteiger partial charge in [0.15, 0.2) is 17.5 Å². The third-order valence-corrected chi connectivity index (χ3v) is 10.6. The third-order valence-electron chi connectivity index (χ3n) is 10.6. The second kappa shape index (κ2) is 12.1. The van der Waals surface area contributed by atoms with Gasteiger partial charge in [-0.15, -0.1) is 0 Å². The van der Waals surface area contributed by atoms with Gasteiger partial charge >= 0.3 is 0 Å². The summed E-state index contributed by atoms with van der Waals surface area (Å²) in [5.74, 6) is 1.92. The minimum atomic E-state index is -0.235. The first-order valence-electron chi connectivity index (χ1n) is 18.1. The molecule has 9 aromatic rings. The number of benzene rings is 7. The molecular weight excluding hydrogens is 647 g/mol. The molecule has 0 bridgehead atoms. The Hall–Kier alpha value is -6.85. The van der Waals surface area contributed by atoms with Crippen molar-refractivity contribution in [3.63, 3.8) is 0 Å². The van der Waals surface area contributed by atoms with Crippen LogP contribution in [-0.2, 0) is 5.41 Å². The molecular formula is C48H35N5. The number of hydrogen-bond acceptors (Lipinski definition) is 4. The van der Waals surface area contributed by atoms with Crippen LogP contribution >= 0.6 is 0 Å². The summed E-state index contributed by atoms with van der Waals surface area (Å²) in [7, 11) is 0. The van der Waals surface area contributed by atoms with Gasteiger partial charge < -0.3 is 9.47 Å². The Morgan fingerprint density at radius 1 is 0.434 bits per heavy atom. The molecule has 1 aliphatic heterocycles. The van der Waals surface area contributed by atoms with Gasteiger partial charge in [-0.1, -0.05) is 153 Å². The van der Waals surface area contributed by atoms with E-state index < -0.39 is 0 Å². The molecule has 53 heavy (non-hydrogen) atoms. The Balaban J connectivity index is 1.25. The topological polar surface area (TPSA) is 46.8 Å². The van der Waals surface area contributed by atoms with Gasteiger partial charge in [-0.25, -0.2) is 15.0 Å². The van der Waals surface area contributed by atoms with E-state index in [-0.39, 0.29) is 5.41 Å². The summed E-state index contributed by atoms with van der Waals surface area (Å²) < 4.78 is 2.43. The summed E-state index contributed by atoms with van der Waals surface area (Å²) in [5.41, 5.74) is 12.0. The molecule has 5 heteroatoms. The molecule has 0 saturated carbocycles. The lowest BCUT2D eigenvalue weighted by molar-refractivity contribution is 0.633. The van der Waals surface area contributed by atoms with Crippen molar-refractivity contribution in [2.45, 2.75) is 19.3 Å². The summed E-state index contributed by atoms with van der Waals surface area (Å²) in [6, 6.07) is 61.9. The molecule has 0 radical (unpaired) electrons. The summed E-state index contributed by atoms with van der Waals surface area (Å²) in [6.07, 6.45) is 0. The number of nitrogens with zero attached hydrogens (tertiary/aromatic N) is 5. The fraction of sp³-hybridized carbons (Fsp3) is 0.0625. The average molecular weight is 682 g/mol. The lowest BCUT2D eigenvalue weighted by atomic mass is 9.73. The molecule has 0 fully saturated rings. The van der Waals surface area contributed by atoms with Crippen LogP contribution < -0.4 is 4.90 Å². The van der Waals surface area contributed by atoms with Gasteiger partial charge in [-0.3, -0.25) is 0 Å². The maximum absolute atomic E-state index is 5.07. The highest BCUT2D eigenvalue weighted by molar-refractivity contribution is 6.16. The monoisotopic (exact) mass is 681 g/mol. The summed E-state index contributed by atoms with van der Waals surface area (Å²) in [5, 5.41) is 2.41. The van der Waals surface area contributed by atoms with Crippen LogP contribution in [0.15, 0.2) is 176 Å². The molecule has 3 heterocycles. The van der Waals surface area contributed by atoms with Gasteiger partial charge in [0.1, 0.15) is 0 Å². The first-order chi connectivity index (χ1) is 26.1. The maximum atomic E-state index is 5.07. The number of anilines is 3. The van der Waals surface area contributed by atoms with Crippen molar-refractivity contribution in [1.82, 2.24) is 19.5 Å². The van der Waals surface area contributed by atoms with Crippen molar-refractivity contribution < 1.29 is 0 Å². The molecule has 0 atom stereocenters. The number of aromatic nitrogens is 4. The van der Waals surface area contributed by atoms with Crippen LogP contribution in [0.3, 0.4) is 0 Å². The highest BCUT2D eigenvalue weighted by Gasteiger charge is 2.39. The van der Waals surface area contributed by atoms with Gasteiger partial charge in [0, 0.05) is 44.3 Å². The maximum Gasteiger partial charge on any atom is 0.164 e. The van der Waals surface area contributed by atoms with Gasteiger partial charge in [-0.2, -0.15) is 0 Å². The van der Waals surface area contributed by atoms with E-state index in [1.807, 2.05) is 60.7 Å². The van der Waals surface area contributed by atoms with E-state index in [0.717, 1.165) is 39.1 Å². The second-order valence-corrected chi connectivity index (χ2v) is 14.1. The SMILES string of the molecule is CC1(C)c2ccccc2N(c2ccccc2)c2c1ccc1c3ccccc3n(-c3cccc(-c4nc(-c5ccccc5)nc(-c5ccccc5)n4)c3)c21. The number of hydrogen-bond donors (Lipinski definition) is 0. The molecule has 10 rings (SSSR count). The molecule has 252 valence electrons. The normalized spacial score (nSPS) is 13.2. The van der Waals surface area contributed by atoms with Gasteiger partial charge in [0.2, 0.25) is 0 Å². The minimum absolute atomic E-state index is 0.235. The number of para-hydroxylation sites is 3. The van der Waals surface area contributed by atoms with Crippen LogP contribution in [0.1, 0.15) is 25.0 Å². The predicted molar refractivity (Wildman–Crippen MR) is 217 cm³/mol. The standard InChI is InChI=1S/C48H35N5/c1-48(2)39-26-13-15-28-42(39)52(35-22-10-5-11-23-35)44-40(48)30-29-38-37-25-12-14-27-41(37)53(43(38)44)36-24-16-21-34(31-36)47-50-45(32-17-6-3-7-18-32)49-46(51-47)33-19-8-4-9-20-33/h3-31H,1-2H3. The molecule has 0 saturated heterocycles. The predicted octanol–water partition coefficient (Wildman–Crippen LogP) is 12.1. The summed E-state index contributed by atoms with van der Waals surface area (Å²) in [6.45, 7) is 4.70. The highest BCUT2D eigenvalue weighted by atomic mass is 15.2. The molecule has 0 unspecified atom stereocenters. The molecule has 7 aromatic carbocycles. The van der Waals surface area contributed by atoms with Crippen molar-refractivity contribution in [2.75, 3.05) is 4.90 Å². The molecule has 0 amide bonds. The van der Waals surface area contributed by atoms with E-state index in [1.54, 1.807) is 0 Å². The molecule has 1 aliphatic rings. The van der Waals surface area contributed by atoms with E-state index >= 15 is 0 Å². The van der Waals surface area contributed by atoms with E-state index in [1.165, 1.54) is 33.3 Å². The second-order valence-electron chi connectivity index (χ2n) is 14.1. The van der Waals surface area contributed by atoms with Gasteiger partial charge in [0.05, 0.1) is 22.4 Å². The lowest BCUT2D eigenvalue weighted by Crippen LogP contribution is -2.31. The smallest absolute Gasteiger partial charge is 0.164 e. The lowest BCUT2D eigenvalue weighted by Gasteiger charge is -2.42. The first kappa shape index (κ1) is 30.9. The van der Waals surface area contributed by atoms with E-state index in [9.17, 15) is 0 Å². The molecule has 0 aliphatic carbocycles. The van der Waals surface area contributed by atoms with Crippen LogP contribution in [0.2, 0.25) is 0 Å². The van der Waals surface area contributed by atoms with Crippen LogP contribution in [0.25, 0.3) is 61.7 Å². The zero-order valence-electron chi connectivity index (χ0n) is 29.5. The Morgan fingerprint density at radius 3 is 1.68 bits per heavy atom. The Kier molecular flexibility index (Phi) is 7.08. The van der Waals surface area contributed by atoms with Crippen molar-refractivity contribution >= 4 is 38.9 Å². The molecule has 5 nitrogen and oxygen atoms in total. The van der Waals surface area contributed by atoms with Crippen LogP contribution in [0.4, 0.5) is 17.1 Å². The first-order valence-corrected chi connectivity index (χ1v) is 18.1. The fourth-order valence-corrected chi connectivity index (χ4v) is 8.07. The minimum Gasteiger partial charge on any atom is -0.308 e. The highest BCUT2D eigenvalue weighted by Crippen LogP contribution is 2.55. The molecule has 0 spiro atoms. The van der Waals surface area contributed by atoms with Crippen LogP contribution in [0, 0.1) is 0 Å². The van der Waals surface area contributed by atoms with E-state index in [4.69, 9.17) is 15.0 Å². The van der Waals surface area contributed by atoms with Crippen molar-refractivity contribution in [1.29, 1.82) is 0 Å².